The average molecular weight is 931 g/mol. The minimum absolute atomic E-state index is 0. The topological polar surface area (TPSA) is 0 Å². The number of rotatable bonds is 8. The fourth-order valence-electron chi connectivity index (χ4n) is 9.32. The molecule has 0 aromatic heterocycles. The van der Waals surface area contributed by atoms with Crippen LogP contribution in [0.1, 0.15) is 126 Å². The molecule has 1 aliphatic carbocycles. The lowest BCUT2D eigenvalue weighted by Crippen LogP contribution is -2.00. The molecule has 362 valence electrons. The fraction of sp³-hybridized carbons (Fsp3) is 0.211. The van der Waals surface area contributed by atoms with Crippen LogP contribution in [0.3, 0.4) is 0 Å². The lowest BCUT2D eigenvalue weighted by Gasteiger charge is -2.19. The van der Waals surface area contributed by atoms with Gasteiger partial charge in [-0.25, -0.2) is 0 Å². The zero-order chi connectivity index (χ0) is 50.0. The van der Waals surface area contributed by atoms with Crippen molar-refractivity contribution >= 4 is 11.6 Å². The first-order valence-corrected chi connectivity index (χ1v) is 25.6. The van der Waals surface area contributed by atoms with Gasteiger partial charge in [0.2, 0.25) is 0 Å². The third-order valence-electron chi connectivity index (χ3n) is 12.8. The Kier molecular flexibility index (Phi) is 20.9. The predicted octanol–water partition coefficient (Wildman–Crippen LogP) is 21.4. The maximum Gasteiger partial charge on any atom is -0.00104 e. The second-order valence-corrected chi connectivity index (χ2v) is 18.2. The van der Waals surface area contributed by atoms with Crippen molar-refractivity contribution < 1.29 is 0 Å². The molecule has 0 amide bonds. The number of hydrogen-bond donors (Lipinski definition) is 0. The van der Waals surface area contributed by atoms with Gasteiger partial charge in [-0.15, -0.1) is 0 Å². The summed E-state index contributed by atoms with van der Waals surface area (Å²) >= 11 is 0. The van der Waals surface area contributed by atoms with Gasteiger partial charge in [-0.3, -0.25) is 0 Å². The van der Waals surface area contributed by atoms with Crippen molar-refractivity contribution in [2.45, 2.75) is 102 Å². The quantitative estimate of drug-likeness (QED) is 0.133. The molecule has 0 atom stereocenters. The molecule has 0 saturated carbocycles. The Balaban J connectivity index is 0.000000228. The SMILES string of the molecule is C.C/C(=C\c1cc(-c2ccccc2)ccc1C(C)C)c1cccc(-c2ccc(-c3ccccc3)cc2)c1.CC.CC.Cc1ccccc1.Cc1ccccc1-c1ccc2c(c1C(C)C)Cc1ccccc1-2. The van der Waals surface area contributed by atoms with Crippen LogP contribution in [0.4, 0.5) is 0 Å². The van der Waals surface area contributed by atoms with Crippen molar-refractivity contribution in [1.29, 1.82) is 0 Å². The van der Waals surface area contributed by atoms with Crippen LogP contribution in [0, 0.1) is 13.8 Å². The van der Waals surface area contributed by atoms with E-state index in [1.165, 1.54) is 106 Å². The summed E-state index contributed by atoms with van der Waals surface area (Å²) in [5.74, 6) is 0.984. The zero-order valence-corrected chi connectivity index (χ0v) is 43.7. The van der Waals surface area contributed by atoms with E-state index < -0.39 is 0 Å². The molecule has 1 aliphatic rings. The van der Waals surface area contributed by atoms with Gasteiger partial charge >= 0.3 is 0 Å². The molecular weight excluding hydrogens is 853 g/mol. The molecule has 71 heavy (non-hydrogen) atoms. The smallest absolute Gasteiger partial charge is 0.00104 e. The van der Waals surface area contributed by atoms with Gasteiger partial charge in [-0.2, -0.15) is 0 Å². The molecule has 0 fully saturated rings. The average Bonchev–Trinajstić information content (AvgIpc) is 3.79. The van der Waals surface area contributed by atoms with Gasteiger partial charge in [0.15, 0.2) is 0 Å². The van der Waals surface area contributed by atoms with Crippen LogP contribution in [0.2, 0.25) is 0 Å². The van der Waals surface area contributed by atoms with E-state index in [9.17, 15) is 0 Å². The first-order valence-electron chi connectivity index (χ1n) is 25.6. The predicted molar refractivity (Wildman–Crippen MR) is 316 cm³/mol. The Morgan fingerprint density at radius 2 is 0.873 bits per heavy atom. The number of aryl methyl sites for hydroxylation is 2. The fourth-order valence-corrected chi connectivity index (χ4v) is 9.32. The Morgan fingerprint density at radius 3 is 1.44 bits per heavy atom. The van der Waals surface area contributed by atoms with Crippen LogP contribution >= 0.6 is 0 Å². The highest BCUT2D eigenvalue weighted by Gasteiger charge is 2.25. The van der Waals surface area contributed by atoms with Crippen LogP contribution in [0.25, 0.3) is 67.3 Å². The standard InChI is InChI=1S/C36H32.C23H22.C7H8.2C2H6.CH4/c1-26(2)36-22-21-34(29-13-8-5-9-14-29)25-35(36)23-27(3)32-15-10-16-33(24-32)31-19-17-30(18-20-31)28-11-6-4-7-12-28;1-15(2)23-21(18-10-6-4-8-16(18)3)13-12-20-19-11-7-5-9-17(19)14-22(20)23;1-7-5-3-2-4-6-7;2*1-2;/h4-26H,1-3H3;4-13,15H,14H2,1-3H3;2-6H,1H3;2*1-2H3;1H4/b27-23+;;;;;. The molecule has 0 unspecified atom stereocenters. The maximum atomic E-state index is 2.35. The molecule has 0 bridgehead atoms. The van der Waals surface area contributed by atoms with Crippen molar-refractivity contribution in [2.24, 2.45) is 0 Å². The number of hydrogen-bond acceptors (Lipinski definition) is 0. The van der Waals surface area contributed by atoms with Crippen molar-refractivity contribution in [3.05, 3.63) is 263 Å². The summed E-state index contributed by atoms with van der Waals surface area (Å²) in [6.07, 6.45) is 3.41. The summed E-state index contributed by atoms with van der Waals surface area (Å²) in [5.41, 5.74) is 25.5. The van der Waals surface area contributed by atoms with Gasteiger partial charge in [0, 0.05) is 0 Å². The van der Waals surface area contributed by atoms with E-state index in [4.69, 9.17) is 0 Å². The largest absolute Gasteiger partial charge is 0.0776 e. The normalized spacial score (nSPS) is 10.9. The summed E-state index contributed by atoms with van der Waals surface area (Å²) in [6, 6.07) is 78.3. The first-order chi connectivity index (χ1) is 34.1. The summed E-state index contributed by atoms with van der Waals surface area (Å²) < 4.78 is 0. The van der Waals surface area contributed by atoms with Gasteiger partial charge in [-0.1, -0.05) is 281 Å². The molecule has 9 aromatic carbocycles. The molecule has 0 nitrogen and oxygen atoms in total. The Hall–Kier alpha value is -7.28. The van der Waals surface area contributed by atoms with Crippen molar-refractivity contribution in [3.63, 3.8) is 0 Å². The maximum absolute atomic E-state index is 2.35. The van der Waals surface area contributed by atoms with Crippen molar-refractivity contribution in [2.75, 3.05) is 0 Å². The molecule has 0 heteroatoms. The van der Waals surface area contributed by atoms with Gasteiger partial charge < -0.3 is 0 Å². The van der Waals surface area contributed by atoms with Crippen LogP contribution in [-0.2, 0) is 6.42 Å². The monoisotopic (exact) mass is 931 g/mol. The highest BCUT2D eigenvalue weighted by molar-refractivity contribution is 5.86. The molecule has 0 aliphatic heterocycles. The first kappa shape index (κ1) is 54.7. The van der Waals surface area contributed by atoms with E-state index in [0.717, 1.165) is 6.42 Å². The van der Waals surface area contributed by atoms with E-state index >= 15 is 0 Å². The Bertz CT molecular complexity index is 3040. The van der Waals surface area contributed by atoms with Gasteiger partial charge in [-0.05, 0) is 151 Å². The highest BCUT2D eigenvalue weighted by atomic mass is 14.3. The highest BCUT2D eigenvalue weighted by Crippen LogP contribution is 2.44. The number of allylic oxidation sites excluding steroid dienone is 1. The van der Waals surface area contributed by atoms with Crippen molar-refractivity contribution in [1.82, 2.24) is 0 Å². The molecule has 0 spiro atoms. The molecule has 0 radical (unpaired) electrons. The van der Waals surface area contributed by atoms with Crippen molar-refractivity contribution in [3.8, 4) is 55.6 Å². The molecule has 0 N–H and O–H groups in total. The lowest BCUT2D eigenvalue weighted by molar-refractivity contribution is 0.855. The lowest BCUT2D eigenvalue weighted by atomic mass is 9.85. The van der Waals surface area contributed by atoms with E-state index in [-0.39, 0.29) is 7.43 Å². The van der Waals surface area contributed by atoms with Crippen LogP contribution < -0.4 is 0 Å². The second kappa shape index (κ2) is 27.2. The van der Waals surface area contributed by atoms with Crippen LogP contribution in [-0.4, -0.2) is 0 Å². The molecule has 10 rings (SSSR count). The minimum atomic E-state index is 0. The number of benzene rings is 9. The van der Waals surface area contributed by atoms with E-state index in [1.807, 2.05) is 45.9 Å². The summed E-state index contributed by atoms with van der Waals surface area (Å²) in [7, 11) is 0. The third-order valence-corrected chi connectivity index (χ3v) is 12.8. The molecular formula is C71H78. The second-order valence-electron chi connectivity index (χ2n) is 18.2. The van der Waals surface area contributed by atoms with Gasteiger partial charge in [0.1, 0.15) is 0 Å². The summed E-state index contributed by atoms with van der Waals surface area (Å²) in [5, 5.41) is 0. The number of fused-ring (bicyclic) bond motifs is 3. The van der Waals surface area contributed by atoms with Gasteiger partial charge in [0.25, 0.3) is 0 Å². The molecule has 0 heterocycles. The molecule has 0 saturated heterocycles. The molecule has 9 aromatic rings. The Morgan fingerprint density at radius 1 is 0.408 bits per heavy atom. The third kappa shape index (κ3) is 14.0. The van der Waals surface area contributed by atoms with E-state index in [0.29, 0.717) is 11.8 Å². The summed E-state index contributed by atoms with van der Waals surface area (Å²) in [6.45, 7) is 23.7. The zero-order valence-electron chi connectivity index (χ0n) is 43.7. The van der Waals surface area contributed by atoms with Gasteiger partial charge in [0.05, 0.1) is 0 Å². The van der Waals surface area contributed by atoms with Crippen LogP contribution in [0.5, 0.6) is 0 Å². The van der Waals surface area contributed by atoms with E-state index in [1.54, 1.807) is 0 Å². The van der Waals surface area contributed by atoms with E-state index in [2.05, 4.69) is 255 Å². The Labute approximate surface area is 429 Å². The van der Waals surface area contributed by atoms with Crippen LogP contribution in [0.15, 0.2) is 218 Å². The summed E-state index contributed by atoms with van der Waals surface area (Å²) in [4.78, 5) is 0. The minimum Gasteiger partial charge on any atom is -0.0776 e.